The van der Waals surface area contributed by atoms with Crippen molar-refractivity contribution in [1.29, 1.82) is 0 Å². The molecule has 0 saturated carbocycles. The number of aryl methyl sites for hydroxylation is 2. The zero-order valence-corrected chi connectivity index (χ0v) is 14.0. The van der Waals surface area contributed by atoms with Gasteiger partial charge in [0.25, 0.3) is 5.91 Å². The molecule has 0 N–H and O–H groups in total. The molecule has 1 amide bonds. The fraction of sp³-hybridized carbons (Fsp3) is 0.500. The number of piperazine rings is 1. The Labute approximate surface area is 135 Å². The maximum Gasteiger partial charge on any atom is 0.272 e. The van der Waals surface area contributed by atoms with E-state index in [1.807, 2.05) is 36.3 Å². The molecule has 0 aromatic carbocycles. The minimum atomic E-state index is 0.0982. The number of aromatic nitrogens is 2. The quantitative estimate of drug-likeness (QED) is 0.863. The zero-order valence-electron chi connectivity index (χ0n) is 13.2. The molecular weight excluding hydrogens is 296 g/mol. The third kappa shape index (κ3) is 3.39. The van der Waals surface area contributed by atoms with E-state index in [1.165, 1.54) is 4.88 Å². The standard InChI is InChI=1S/C16H22N4OS/c1-13-12-15(18(2)17-13)16(21)20-9-7-19(8-10-20)6-5-14-4-3-11-22-14/h3-4,11-12H,5-10H2,1-2H3. The fourth-order valence-corrected chi connectivity index (χ4v) is 3.57. The predicted molar refractivity (Wildman–Crippen MR) is 88.3 cm³/mol. The van der Waals surface area contributed by atoms with Crippen LogP contribution in [0.2, 0.25) is 0 Å². The molecule has 0 bridgehead atoms. The Hall–Kier alpha value is -1.66. The normalized spacial score (nSPS) is 16.2. The van der Waals surface area contributed by atoms with Crippen LogP contribution in [0.1, 0.15) is 21.1 Å². The highest BCUT2D eigenvalue weighted by Crippen LogP contribution is 2.12. The predicted octanol–water partition coefficient (Wildman–Crippen LogP) is 1.79. The highest BCUT2D eigenvalue weighted by atomic mass is 32.1. The Morgan fingerprint density at radius 1 is 1.32 bits per heavy atom. The van der Waals surface area contributed by atoms with Gasteiger partial charge in [-0.15, -0.1) is 11.3 Å². The van der Waals surface area contributed by atoms with Crippen LogP contribution in [0.3, 0.4) is 0 Å². The van der Waals surface area contributed by atoms with Crippen LogP contribution < -0.4 is 0 Å². The number of thiophene rings is 1. The Kier molecular flexibility index (Phi) is 4.59. The van der Waals surface area contributed by atoms with Crippen LogP contribution >= 0.6 is 11.3 Å². The Bertz CT molecular complexity index is 627. The summed E-state index contributed by atoms with van der Waals surface area (Å²) in [6, 6.07) is 6.16. The number of amides is 1. The van der Waals surface area contributed by atoms with Gasteiger partial charge in [0, 0.05) is 44.6 Å². The molecule has 6 heteroatoms. The van der Waals surface area contributed by atoms with Gasteiger partial charge in [-0.05, 0) is 30.9 Å². The summed E-state index contributed by atoms with van der Waals surface area (Å²) >= 11 is 1.82. The summed E-state index contributed by atoms with van der Waals surface area (Å²) in [6.07, 6.45) is 1.10. The van der Waals surface area contributed by atoms with Gasteiger partial charge in [0.1, 0.15) is 5.69 Å². The smallest absolute Gasteiger partial charge is 0.272 e. The first-order valence-corrected chi connectivity index (χ1v) is 8.56. The van der Waals surface area contributed by atoms with Crippen molar-refractivity contribution in [1.82, 2.24) is 19.6 Å². The summed E-state index contributed by atoms with van der Waals surface area (Å²) in [5.41, 5.74) is 1.57. The van der Waals surface area contributed by atoms with E-state index in [0.717, 1.165) is 44.8 Å². The van der Waals surface area contributed by atoms with Gasteiger partial charge in [0.2, 0.25) is 0 Å². The monoisotopic (exact) mass is 318 g/mol. The molecule has 3 rings (SSSR count). The third-order valence-electron chi connectivity index (χ3n) is 4.14. The molecule has 118 valence electrons. The second-order valence-corrected chi connectivity index (χ2v) is 6.79. The highest BCUT2D eigenvalue weighted by molar-refractivity contribution is 7.09. The number of carbonyl (C=O) groups excluding carboxylic acids is 1. The molecule has 2 aromatic heterocycles. The minimum absolute atomic E-state index is 0.0982. The number of carbonyl (C=O) groups is 1. The second-order valence-electron chi connectivity index (χ2n) is 5.76. The van der Waals surface area contributed by atoms with Crippen molar-refractivity contribution < 1.29 is 4.79 Å². The zero-order chi connectivity index (χ0) is 15.5. The first-order chi connectivity index (χ1) is 10.6. The van der Waals surface area contributed by atoms with Crippen LogP contribution in [-0.2, 0) is 13.5 Å². The lowest BCUT2D eigenvalue weighted by Crippen LogP contribution is -2.49. The maximum absolute atomic E-state index is 12.5. The molecule has 0 radical (unpaired) electrons. The first kappa shape index (κ1) is 15.2. The van der Waals surface area contributed by atoms with Crippen molar-refractivity contribution >= 4 is 17.2 Å². The van der Waals surface area contributed by atoms with Gasteiger partial charge in [-0.1, -0.05) is 6.07 Å². The van der Waals surface area contributed by atoms with Crippen LogP contribution in [-0.4, -0.2) is 58.2 Å². The van der Waals surface area contributed by atoms with Crippen molar-refractivity contribution in [2.45, 2.75) is 13.3 Å². The van der Waals surface area contributed by atoms with Crippen molar-refractivity contribution in [2.75, 3.05) is 32.7 Å². The average molecular weight is 318 g/mol. The van der Waals surface area contributed by atoms with Gasteiger partial charge in [-0.2, -0.15) is 5.10 Å². The summed E-state index contributed by atoms with van der Waals surface area (Å²) in [6.45, 7) is 6.50. The molecule has 5 nitrogen and oxygen atoms in total. The lowest BCUT2D eigenvalue weighted by atomic mass is 10.2. The van der Waals surface area contributed by atoms with Crippen molar-refractivity contribution in [3.63, 3.8) is 0 Å². The van der Waals surface area contributed by atoms with Crippen LogP contribution in [0.15, 0.2) is 23.6 Å². The van der Waals surface area contributed by atoms with E-state index in [2.05, 4.69) is 27.5 Å². The van der Waals surface area contributed by atoms with E-state index in [1.54, 1.807) is 4.68 Å². The Morgan fingerprint density at radius 3 is 2.68 bits per heavy atom. The van der Waals surface area contributed by atoms with Crippen molar-refractivity contribution in [2.24, 2.45) is 7.05 Å². The van der Waals surface area contributed by atoms with Crippen molar-refractivity contribution in [3.05, 3.63) is 39.8 Å². The molecule has 1 aliphatic rings. The fourth-order valence-electron chi connectivity index (χ4n) is 2.87. The Balaban J connectivity index is 1.51. The highest BCUT2D eigenvalue weighted by Gasteiger charge is 2.24. The van der Waals surface area contributed by atoms with Gasteiger partial charge in [0.05, 0.1) is 5.69 Å². The average Bonchev–Trinajstić information content (AvgIpc) is 3.14. The number of hydrogen-bond acceptors (Lipinski definition) is 4. The van der Waals surface area contributed by atoms with E-state index >= 15 is 0 Å². The van der Waals surface area contributed by atoms with Gasteiger partial charge in [-0.25, -0.2) is 0 Å². The molecule has 0 spiro atoms. The number of hydrogen-bond donors (Lipinski definition) is 0. The molecule has 0 atom stereocenters. The number of nitrogens with zero attached hydrogens (tertiary/aromatic N) is 4. The van der Waals surface area contributed by atoms with E-state index in [9.17, 15) is 4.79 Å². The molecule has 3 heterocycles. The van der Waals surface area contributed by atoms with Gasteiger partial charge in [-0.3, -0.25) is 14.4 Å². The van der Waals surface area contributed by atoms with Crippen LogP contribution in [0, 0.1) is 6.92 Å². The molecule has 2 aromatic rings. The number of rotatable bonds is 4. The summed E-state index contributed by atoms with van der Waals surface area (Å²) in [5.74, 6) is 0.0982. The minimum Gasteiger partial charge on any atom is -0.335 e. The van der Waals surface area contributed by atoms with Gasteiger partial charge >= 0.3 is 0 Å². The summed E-state index contributed by atoms with van der Waals surface area (Å²) < 4.78 is 1.68. The van der Waals surface area contributed by atoms with Crippen LogP contribution in [0.4, 0.5) is 0 Å². The molecule has 0 unspecified atom stereocenters. The third-order valence-corrected chi connectivity index (χ3v) is 5.07. The summed E-state index contributed by atoms with van der Waals surface area (Å²) in [7, 11) is 1.83. The maximum atomic E-state index is 12.5. The molecular formula is C16H22N4OS. The van der Waals surface area contributed by atoms with Crippen LogP contribution in [0.25, 0.3) is 0 Å². The molecule has 0 aliphatic carbocycles. The largest absolute Gasteiger partial charge is 0.335 e. The second kappa shape index (κ2) is 6.62. The summed E-state index contributed by atoms with van der Waals surface area (Å²) in [5, 5.41) is 6.39. The van der Waals surface area contributed by atoms with Crippen LogP contribution in [0.5, 0.6) is 0 Å². The molecule has 1 fully saturated rings. The van der Waals surface area contributed by atoms with Gasteiger partial charge in [0.15, 0.2) is 0 Å². The molecule has 22 heavy (non-hydrogen) atoms. The SMILES string of the molecule is Cc1cc(C(=O)N2CCN(CCc3cccs3)CC2)n(C)n1. The van der Waals surface area contributed by atoms with Gasteiger partial charge < -0.3 is 4.90 Å². The van der Waals surface area contributed by atoms with E-state index < -0.39 is 0 Å². The molecule has 1 aliphatic heterocycles. The summed E-state index contributed by atoms with van der Waals surface area (Å²) in [4.78, 5) is 18.4. The lowest BCUT2D eigenvalue weighted by Gasteiger charge is -2.34. The van der Waals surface area contributed by atoms with E-state index in [0.29, 0.717) is 5.69 Å². The molecule has 1 saturated heterocycles. The van der Waals surface area contributed by atoms with E-state index in [-0.39, 0.29) is 5.91 Å². The Morgan fingerprint density at radius 2 is 2.09 bits per heavy atom. The lowest BCUT2D eigenvalue weighted by molar-refractivity contribution is 0.0628. The van der Waals surface area contributed by atoms with E-state index in [4.69, 9.17) is 0 Å². The first-order valence-electron chi connectivity index (χ1n) is 7.68. The topological polar surface area (TPSA) is 41.4 Å². The van der Waals surface area contributed by atoms with Crippen molar-refractivity contribution in [3.8, 4) is 0 Å².